The molecule has 8 heteroatoms. The summed E-state index contributed by atoms with van der Waals surface area (Å²) in [5, 5.41) is 14.5. The van der Waals surface area contributed by atoms with Crippen molar-refractivity contribution in [1.82, 2.24) is 10.2 Å². The van der Waals surface area contributed by atoms with Crippen LogP contribution in [0.4, 0.5) is 5.69 Å². The highest BCUT2D eigenvalue weighted by Gasteiger charge is 2.27. The number of nitro benzene ring substituents is 1. The number of nitrogens with zero attached hydrogens (tertiary/aromatic N) is 2. The van der Waals surface area contributed by atoms with E-state index in [2.05, 4.69) is 5.32 Å². The summed E-state index contributed by atoms with van der Waals surface area (Å²) in [5.41, 5.74) is 0.945. The molecule has 2 aromatic rings. The van der Waals surface area contributed by atoms with Crippen LogP contribution in [0.2, 0.25) is 5.02 Å². The summed E-state index contributed by atoms with van der Waals surface area (Å²) in [4.78, 5) is 37.5. The maximum Gasteiger partial charge on any atom is 0.273 e. The monoisotopic (exact) mass is 403 g/mol. The van der Waals surface area contributed by atoms with Gasteiger partial charge in [0.1, 0.15) is 6.04 Å². The number of likely N-dealkylation sites (N-methyl/N-ethyl adjacent to an activating group) is 1. The molecule has 2 amide bonds. The average Bonchev–Trinajstić information content (AvgIpc) is 2.66. The van der Waals surface area contributed by atoms with E-state index in [9.17, 15) is 19.7 Å². The number of rotatable bonds is 8. The minimum absolute atomic E-state index is 0.121. The number of hydrogen-bond donors (Lipinski definition) is 1. The zero-order valence-corrected chi connectivity index (χ0v) is 16.5. The van der Waals surface area contributed by atoms with E-state index in [1.807, 2.05) is 6.07 Å². The molecule has 28 heavy (non-hydrogen) atoms. The zero-order valence-electron chi connectivity index (χ0n) is 15.7. The number of para-hydroxylation sites is 1. The van der Waals surface area contributed by atoms with E-state index in [0.717, 1.165) is 5.56 Å². The van der Waals surface area contributed by atoms with Gasteiger partial charge < -0.3 is 10.2 Å². The molecule has 0 spiro atoms. The molecule has 0 heterocycles. The van der Waals surface area contributed by atoms with Gasteiger partial charge in [-0.1, -0.05) is 41.9 Å². The van der Waals surface area contributed by atoms with Crippen LogP contribution in [-0.2, 0) is 22.6 Å². The Morgan fingerprint density at radius 1 is 1.21 bits per heavy atom. The lowest BCUT2D eigenvalue weighted by Gasteiger charge is -2.28. The van der Waals surface area contributed by atoms with Crippen molar-refractivity contribution in [3.05, 3.63) is 74.8 Å². The molecule has 2 aromatic carbocycles. The highest BCUT2D eigenvalue weighted by molar-refractivity contribution is 6.30. The van der Waals surface area contributed by atoms with E-state index in [1.165, 1.54) is 11.0 Å². The van der Waals surface area contributed by atoms with Crippen molar-refractivity contribution in [3.63, 3.8) is 0 Å². The summed E-state index contributed by atoms with van der Waals surface area (Å²) in [6, 6.07) is 12.4. The molecule has 0 aromatic heterocycles. The molecule has 0 unspecified atom stereocenters. The molecule has 0 aliphatic carbocycles. The average molecular weight is 404 g/mol. The van der Waals surface area contributed by atoms with Crippen LogP contribution in [0.5, 0.6) is 0 Å². The molecule has 2 rings (SSSR count). The minimum Gasteiger partial charge on any atom is -0.355 e. The topological polar surface area (TPSA) is 92.6 Å². The highest BCUT2D eigenvalue weighted by atomic mass is 35.5. The molecule has 1 N–H and O–H groups in total. The Balaban J connectivity index is 2.31. The fraction of sp³-hybridized carbons (Fsp3) is 0.300. The van der Waals surface area contributed by atoms with Gasteiger partial charge in [0.05, 0.1) is 11.3 Å². The zero-order chi connectivity index (χ0) is 20.7. The van der Waals surface area contributed by atoms with Crippen molar-refractivity contribution in [2.75, 3.05) is 6.54 Å². The minimum atomic E-state index is -0.741. The number of halogens is 1. The van der Waals surface area contributed by atoms with Crippen molar-refractivity contribution >= 4 is 29.1 Å². The first-order valence-corrected chi connectivity index (χ1v) is 9.25. The molecular formula is C20H22ClN3O4. The van der Waals surface area contributed by atoms with Crippen LogP contribution in [0.1, 0.15) is 25.0 Å². The van der Waals surface area contributed by atoms with Crippen LogP contribution in [0, 0.1) is 10.1 Å². The number of carbonyl (C=O) groups is 2. The third-order valence-corrected chi connectivity index (χ3v) is 4.53. The molecule has 0 aliphatic rings. The van der Waals surface area contributed by atoms with Gasteiger partial charge in [-0.15, -0.1) is 0 Å². The lowest BCUT2D eigenvalue weighted by atomic mass is 10.1. The molecule has 0 aliphatic heterocycles. The second kappa shape index (κ2) is 9.85. The molecule has 0 bridgehead atoms. The number of hydrogen-bond acceptors (Lipinski definition) is 4. The number of amides is 2. The fourth-order valence-corrected chi connectivity index (χ4v) is 3.05. The molecule has 0 saturated carbocycles. The Morgan fingerprint density at radius 3 is 2.57 bits per heavy atom. The van der Waals surface area contributed by atoms with Gasteiger partial charge in [0, 0.05) is 29.7 Å². The number of nitro groups is 1. The number of nitrogens with one attached hydrogen (secondary N) is 1. The molecule has 148 valence electrons. The van der Waals surface area contributed by atoms with Crippen LogP contribution >= 0.6 is 11.6 Å². The summed E-state index contributed by atoms with van der Waals surface area (Å²) in [5.74, 6) is -0.673. The molecular weight excluding hydrogens is 382 g/mol. The second-order valence-electron chi connectivity index (χ2n) is 6.28. The SMILES string of the molecule is CCNC(=O)[C@@H](C)N(Cc1cccc(Cl)c1)C(=O)Cc1ccccc1[N+](=O)[O-]. The molecule has 1 atom stereocenters. The quantitative estimate of drug-likeness (QED) is 0.540. The summed E-state index contributed by atoms with van der Waals surface area (Å²) in [7, 11) is 0. The Morgan fingerprint density at radius 2 is 1.93 bits per heavy atom. The summed E-state index contributed by atoms with van der Waals surface area (Å²) < 4.78 is 0. The van der Waals surface area contributed by atoms with Crippen LogP contribution in [-0.4, -0.2) is 34.2 Å². The van der Waals surface area contributed by atoms with Crippen molar-refractivity contribution in [1.29, 1.82) is 0 Å². The van der Waals surface area contributed by atoms with E-state index in [-0.39, 0.29) is 30.5 Å². The summed E-state index contributed by atoms with van der Waals surface area (Å²) in [6.45, 7) is 4.03. The first-order chi connectivity index (χ1) is 13.3. The third kappa shape index (κ3) is 5.53. The lowest BCUT2D eigenvalue weighted by molar-refractivity contribution is -0.385. The molecule has 0 saturated heterocycles. The van der Waals surface area contributed by atoms with Gasteiger partial charge in [0.15, 0.2) is 0 Å². The van der Waals surface area contributed by atoms with Gasteiger partial charge in [0.25, 0.3) is 5.69 Å². The van der Waals surface area contributed by atoms with Crippen molar-refractivity contribution in [2.24, 2.45) is 0 Å². The first-order valence-electron chi connectivity index (χ1n) is 8.87. The van der Waals surface area contributed by atoms with Crippen molar-refractivity contribution in [2.45, 2.75) is 32.9 Å². The number of benzene rings is 2. The van der Waals surface area contributed by atoms with Gasteiger partial charge in [-0.05, 0) is 31.5 Å². The Bertz CT molecular complexity index is 872. The highest BCUT2D eigenvalue weighted by Crippen LogP contribution is 2.21. The van der Waals surface area contributed by atoms with E-state index in [4.69, 9.17) is 11.6 Å². The van der Waals surface area contributed by atoms with Gasteiger partial charge in [0.2, 0.25) is 11.8 Å². The third-order valence-electron chi connectivity index (χ3n) is 4.29. The Hall–Kier alpha value is -2.93. The Kier molecular flexibility index (Phi) is 7.52. The largest absolute Gasteiger partial charge is 0.355 e. The summed E-state index contributed by atoms with van der Waals surface area (Å²) in [6.07, 6.45) is -0.179. The standard InChI is InChI=1S/C20H22ClN3O4/c1-3-22-20(26)14(2)23(13-15-7-6-9-17(21)11-15)19(25)12-16-8-4-5-10-18(16)24(27)28/h4-11,14H,3,12-13H2,1-2H3,(H,22,26)/t14-/m1/s1. The maximum absolute atomic E-state index is 13.0. The van der Waals surface area contributed by atoms with Crippen LogP contribution in [0.25, 0.3) is 0 Å². The summed E-state index contributed by atoms with van der Waals surface area (Å²) >= 11 is 6.03. The fourth-order valence-electron chi connectivity index (χ4n) is 2.84. The Labute approximate surface area is 168 Å². The van der Waals surface area contributed by atoms with Gasteiger partial charge in [-0.3, -0.25) is 19.7 Å². The lowest BCUT2D eigenvalue weighted by Crippen LogP contribution is -2.48. The normalized spacial score (nSPS) is 11.5. The number of carbonyl (C=O) groups excluding carboxylic acids is 2. The molecule has 0 radical (unpaired) electrons. The van der Waals surface area contributed by atoms with Gasteiger partial charge in [-0.25, -0.2) is 0 Å². The van der Waals surface area contributed by atoms with Gasteiger partial charge >= 0.3 is 0 Å². The van der Waals surface area contributed by atoms with E-state index >= 15 is 0 Å². The van der Waals surface area contributed by atoms with E-state index < -0.39 is 11.0 Å². The van der Waals surface area contributed by atoms with Gasteiger partial charge in [-0.2, -0.15) is 0 Å². The van der Waals surface area contributed by atoms with E-state index in [1.54, 1.807) is 50.2 Å². The molecule has 7 nitrogen and oxygen atoms in total. The second-order valence-corrected chi connectivity index (χ2v) is 6.72. The van der Waals surface area contributed by atoms with Crippen LogP contribution in [0.15, 0.2) is 48.5 Å². The van der Waals surface area contributed by atoms with Crippen molar-refractivity contribution in [3.8, 4) is 0 Å². The maximum atomic E-state index is 13.0. The predicted octanol–water partition coefficient (Wildman–Crippen LogP) is 3.34. The predicted molar refractivity (Wildman–Crippen MR) is 107 cm³/mol. The van der Waals surface area contributed by atoms with Crippen molar-refractivity contribution < 1.29 is 14.5 Å². The van der Waals surface area contributed by atoms with Crippen LogP contribution < -0.4 is 5.32 Å². The smallest absolute Gasteiger partial charge is 0.273 e. The van der Waals surface area contributed by atoms with E-state index in [0.29, 0.717) is 17.1 Å². The molecule has 0 fully saturated rings. The first kappa shape index (κ1) is 21.4. The van der Waals surface area contributed by atoms with Crippen LogP contribution in [0.3, 0.4) is 0 Å².